The maximum atomic E-state index is 10.9. The Hall–Kier alpha value is -2.15. The van der Waals surface area contributed by atoms with Gasteiger partial charge in [0.2, 0.25) is 0 Å². The molecule has 0 aliphatic heterocycles. The van der Waals surface area contributed by atoms with Crippen molar-refractivity contribution in [2.24, 2.45) is 10.8 Å². The fourth-order valence-electron chi connectivity index (χ4n) is 1.02. The number of methoxy groups -OCH3 is 1. The monoisotopic (exact) mass is 267 g/mol. The number of ether oxygens (including phenoxy) is 2. The zero-order valence-electron chi connectivity index (χ0n) is 9.75. The number of nitrogens with two attached hydrogens (primary N) is 1. The van der Waals surface area contributed by atoms with Crippen molar-refractivity contribution >= 4 is 29.5 Å². The van der Waals surface area contributed by atoms with Crippen molar-refractivity contribution in [3.05, 3.63) is 29.8 Å². The third kappa shape index (κ3) is 5.26. The average Bonchev–Trinajstić information content (AvgIpc) is 2.37. The Labute approximate surface area is 110 Å². The van der Waals surface area contributed by atoms with Crippen LogP contribution in [-0.4, -0.2) is 31.0 Å². The molecule has 0 amide bonds. The number of nitrogens with one attached hydrogen (secondary N) is 1. The predicted molar refractivity (Wildman–Crippen MR) is 71.5 cm³/mol. The van der Waals surface area contributed by atoms with Crippen LogP contribution in [0.25, 0.3) is 0 Å². The zero-order valence-corrected chi connectivity index (χ0v) is 10.6. The minimum Gasteiger partial charge on any atom is -0.482 e. The molecule has 0 aromatic heterocycles. The highest BCUT2D eigenvalue weighted by Crippen LogP contribution is 2.10. The molecule has 0 radical (unpaired) electrons. The van der Waals surface area contributed by atoms with Crippen LogP contribution in [-0.2, 0) is 9.53 Å². The van der Waals surface area contributed by atoms with Crippen molar-refractivity contribution in [2.75, 3.05) is 13.7 Å². The summed E-state index contributed by atoms with van der Waals surface area (Å²) in [5.74, 6) is 0.140. The Kier molecular flexibility index (Phi) is 5.59. The summed E-state index contributed by atoms with van der Waals surface area (Å²) in [5.41, 5.74) is 8.48. The number of hydrogen-bond donors (Lipinski definition) is 2. The maximum Gasteiger partial charge on any atom is 0.343 e. The second-order valence-corrected chi connectivity index (χ2v) is 3.61. The highest BCUT2D eigenvalue weighted by molar-refractivity contribution is 7.80. The number of thiocarbonyl (C=S) groups is 1. The molecule has 0 fully saturated rings. The molecule has 0 saturated carbocycles. The van der Waals surface area contributed by atoms with E-state index in [9.17, 15) is 4.79 Å². The number of carbonyl (C=O) groups is 1. The van der Waals surface area contributed by atoms with Gasteiger partial charge in [-0.25, -0.2) is 4.79 Å². The van der Waals surface area contributed by atoms with Gasteiger partial charge in [-0.3, -0.25) is 5.43 Å². The minimum absolute atomic E-state index is 0.101. The van der Waals surface area contributed by atoms with Gasteiger partial charge in [0, 0.05) is 0 Å². The van der Waals surface area contributed by atoms with Crippen LogP contribution < -0.4 is 15.9 Å². The van der Waals surface area contributed by atoms with Gasteiger partial charge < -0.3 is 15.2 Å². The molecule has 0 bridgehead atoms. The van der Waals surface area contributed by atoms with Crippen LogP contribution in [0.2, 0.25) is 0 Å². The van der Waals surface area contributed by atoms with E-state index in [-0.39, 0.29) is 11.7 Å². The van der Waals surface area contributed by atoms with Crippen molar-refractivity contribution in [1.82, 2.24) is 5.43 Å². The number of nitrogens with zero attached hydrogens (tertiary/aromatic N) is 1. The second-order valence-electron chi connectivity index (χ2n) is 3.17. The molecule has 0 atom stereocenters. The van der Waals surface area contributed by atoms with Crippen LogP contribution in [0.3, 0.4) is 0 Å². The van der Waals surface area contributed by atoms with Crippen LogP contribution in [0.15, 0.2) is 29.4 Å². The first-order valence-electron chi connectivity index (χ1n) is 5.00. The fourth-order valence-corrected chi connectivity index (χ4v) is 1.07. The maximum absolute atomic E-state index is 10.9. The molecule has 0 aliphatic rings. The Morgan fingerprint density at radius 2 is 2.17 bits per heavy atom. The van der Waals surface area contributed by atoms with Crippen molar-refractivity contribution in [1.29, 1.82) is 0 Å². The first-order chi connectivity index (χ1) is 8.61. The van der Waals surface area contributed by atoms with Gasteiger partial charge in [-0.1, -0.05) is 0 Å². The largest absolute Gasteiger partial charge is 0.482 e. The Balaban J connectivity index is 2.49. The van der Waals surface area contributed by atoms with E-state index in [0.29, 0.717) is 5.75 Å². The van der Waals surface area contributed by atoms with Crippen molar-refractivity contribution in [3.8, 4) is 5.75 Å². The molecule has 0 spiro atoms. The topological polar surface area (TPSA) is 85.9 Å². The molecule has 0 saturated heterocycles. The van der Waals surface area contributed by atoms with E-state index < -0.39 is 5.97 Å². The first kappa shape index (κ1) is 13.9. The van der Waals surface area contributed by atoms with Crippen LogP contribution in [0, 0.1) is 0 Å². The van der Waals surface area contributed by atoms with Gasteiger partial charge in [-0.2, -0.15) is 5.10 Å². The fraction of sp³-hybridized carbons (Fsp3) is 0.182. The van der Waals surface area contributed by atoms with E-state index in [1.165, 1.54) is 7.11 Å². The Bertz CT molecular complexity index is 445. The van der Waals surface area contributed by atoms with Crippen LogP contribution >= 0.6 is 12.2 Å². The summed E-state index contributed by atoms with van der Waals surface area (Å²) in [6.45, 7) is -0.118. The van der Waals surface area contributed by atoms with Crippen LogP contribution in [0.1, 0.15) is 5.56 Å². The Morgan fingerprint density at radius 1 is 1.50 bits per heavy atom. The van der Waals surface area contributed by atoms with Crippen molar-refractivity contribution < 1.29 is 14.3 Å². The molecule has 7 heteroatoms. The molecule has 96 valence electrons. The predicted octanol–water partition coefficient (Wildman–Crippen LogP) is 0.406. The van der Waals surface area contributed by atoms with Crippen molar-refractivity contribution in [2.45, 2.75) is 0 Å². The lowest BCUT2D eigenvalue weighted by atomic mass is 10.2. The van der Waals surface area contributed by atoms with E-state index in [4.69, 9.17) is 10.5 Å². The lowest BCUT2D eigenvalue weighted by Crippen LogP contribution is -2.23. The van der Waals surface area contributed by atoms with E-state index >= 15 is 0 Å². The average molecular weight is 267 g/mol. The quantitative estimate of drug-likeness (QED) is 0.348. The number of carbonyl (C=O) groups excluding carboxylic acids is 1. The van der Waals surface area contributed by atoms with Gasteiger partial charge in [0.1, 0.15) is 5.75 Å². The number of hydrazone groups is 1. The number of hydrogen-bond acceptors (Lipinski definition) is 5. The molecular formula is C11H13N3O3S. The zero-order chi connectivity index (χ0) is 13.4. The minimum atomic E-state index is -0.429. The normalized spacial score (nSPS) is 10.1. The molecule has 0 heterocycles. The highest BCUT2D eigenvalue weighted by Gasteiger charge is 2.00. The number of esters is 1. The molecule has 0 aliphatic carbocycles. The molecule has 0 unspecified atom stereocenters. The van der Waals surface area contributed by atoms with Gasteiger partial charge in [0.05, 0.1) is 13.3 Å². The number of benzene rings is 1. The lowest BCUT2D eigenvalue weighted by Gasteiger charge is -2.04. The molecule has 3 N–H and O–H groups in total. The summed E-state index contributed by atoms with van der Waals surface area (Å²) in [7, 11) is 1.31. The standard InChI is InChI=1S/C11H13N3O3S/c1-16-10(15)7-17-9-4-2-8(3-5-9)6-13-14-11(12)18/h2-6H,7H2,1H3,(H3,12,14,18)/b13-6-. The summed E-state index contributed by atoms with van der Waals surface area (Å²) < 4.78 is 9.63. The first-order valence-corrected chi connectivity index (χ1v) is 5.41. The molecular weight excluding hydrogens is 254 g/mol. The van der Waals surface area contributed by atoms with Crippen LogP contribution in [0.5, 0.6) is 5.75 Å². The lowest BCUT2D eigenvalue weighted by molar-refractivity contribution is -0.142. The van der Waals surface area contributed by atoms with Gasteiger partial charge >= 0.3 is 5.97 Å². The smallest absolute Gasteiger partial charge is 0.343 e. The molecule has 1 aromatic rings. The van der Waals surface area contributed by atoms with Crippen LogP contribution in [0.4, 0.5) is 0 Å². The SMILES string of the molecule is COC(=O)COc1ccc(/C=N\NC(N)=S)cc1. The molecule has 18 heavy (non-hydrogen) atoms. The summed E-state index contributed by atoms with van der Waals surface area (Å²) in [6.07, 6.45) is 1.56. The summed E-state index contributed by atoms with van der Waals surface area (Å²) in [4.78, 5) is 10.9. The summed E-state index contributed by atoms with van der Waals surface area (Å²) in [5, 5.41) is 3.90. The third-order valence-electron chi connectivity index (χ3n) is 1.85. The molecule has 1 aromatic carbocycles. The van der Waals surface area contributed by atoms with E-state index in [1.54, 1.807) is 30.5 Å². The molecule has 6 nitrogen and oxygen atoms in total. The molecule has 1 rings (SSSR count). The second kappa shape index (κ2) is 7.23. The van der Waals surface area contributed by atoms with Gasteiger partial charge in [0.25, 0.3) is 0 Å². The Morgan fingerprint density at radius 3 is 2.72 bits per heavy atom. The number of rotatable bonds is 5. The summed E-state index contributed by atoms with van der Waals surface area (Å²) in [6, 6.07) is 6.98. The van der Waals surface area contributed by atoms with Gasteiger partial charge in [0.15, 0.2) is 11.7 Å². The van der Waals surface area contributed by atoms with Crippen molar-refractivity contribution in [3.63, 3.8) is 0 Å². The third-order valence-corrected chi connectivity index (χ3v) is 1.94. The summed E-state index contributed by atoms with van der Waals surface area (Å²) >= 11 is 4.59. The van der Waals surface area contributed by atoms with E-state index in [1.807, 2.05) is 0 Å². The van der Waals surface area contributed by atoms with Gasteiger partial charge in [-0.05, 0) is 42.0 Å². The van der Waals surface area contributed by atoms with E-state index in [0.717, 1.165) is 5.56 Å². The van der Waals surface area contributed by atoms with Gasteiger partial charge in [-0.15, -0.1) is 0 Å². The van der Waals surface area contributed by atoms with E-state index in [2.05, 4.69) is 27.5 Å². The highest BCUT2D eigenvalue weighted by atomic mass is 32.1.